The van der Waals surface area contributed by atoms with E-state index in [1.54, 1.807) is 5.57 Å². The van der Waals surface area contributed by atoms with Crippen LogP contribution in [0.2, 0.25) is 0 Å². The van der Waals surface area contributed by atoms with Gasteiger partial charge in [0, 0.05) is 5.92 Å². The van der Waals surface area contributed by atoms with Crippen molar-refractivity contribution in [1.29, 1.82) is 0 Å². The van der Waals surface area contributed by atoms with Crippen LogP contribution in [0.1, 0.15) is 19.3 Å². The van der Waals surface area contributed by atoms with E-state index in [1.165, 1.54) is 25.2 Å². The smallest absolute Gasteiger partial charge is 0.0441 e. The molecule has 0 saturated heterocycles. The Hall–Kier alpha value is -0.780. The Labute approximate surface area is 61.9 Å². The van der Waals surface area contributed by atoms with Crippen molar-refractivity contribution in [3.05, 3.63) is 41.9 Å². The Morgan fingerprint density at radius 1 is 1.10 bits per heavy atom. The Balaban J connectivity index is 2.11. The zero-order valence-electron chi connectivity index (χ0n) is 6.01. The predicted octanol–water partition coefficient (Wildman–Crippen LogP) is 2.80. The first-order valence-electron chi connectivity index (χ1n) is 3.88. The van der Waals surface area contributed by atoms with E-state index < -0.39 is 0 Å². The van der Waals surface area contributed by atoms with Crippen LogP contribution in [0.15, 0.2) is 36.0 Å². The first-order chi connectivity index (χ1) is 4.97. The van der Waals surface area contributed by atoms with Crippen LogP contribution in [0.25, 0.3) is 0 Å². The molecule has 0 atom stereocenters. The second-order valence-corrected chi connectivity index (χ2v) is 2.80. The fraction of sp³-hybridized carbons (Fsp3) is 0.300. The van der Waals surface area contributed by atoms with E-state index in [0.717, 1.165) is 0 Å². The topological polar surface area (TPSA) is 0 Å². The van der Waals surface area contributed by atoms with Gasteiger partial charge in [-0.15, -0.1) is 0 Å². The quantitative estimate of drug-likeness (QED) is 0.513. The van der Waals surface area contributed by atoms with Crippen LogP contribution in [0, 0.1) is 5.92 Å². The Morgan fingerprint density at radius 2 is 1.90 bits per heavy atom. The van der Waals surface area contributed by atoms with Crippen molar-refractivity contribution in [3.8, 4) is 0 Å². The largest absolute Gasteiger partial charge is 0.0841 e. The molecule has 10 heavy (non-hydrogen) atoms. The highest BCUT2D eigenvalue weighted by Crippen LogP contribution is 2.30. The standard InChI is InChI=1S/C10H11/c1-2-6-9(5-1)10-7-3-4-8-10/h1-2,5-7H,3-4,8H2. The molecule has 0 aromatic carbocycles. The van der Waals surface area contributed by atoms with Crippen molar-refractivity contribution in [2.75, 3.05) is 0 Å². The predicted molar refractivity (Wildman–Crippen MR) is 43.5 cm³/mol. The van der Waals surface area contributed by atoms with Crippen LogP contribution in [0.4, 0.5) is 0 Å². The lowest BCUT2D eigenvalue weighted by Gasteiger charge is -2.03. The van der Waals surface area contributed by atoms with Crippen LogP contribution < -0.4 is 0 Å². The lowest BCUT2D eigenvalue weighted by molar-refractivity contribution is 0.905. The summed E-state index contributed by atoms with van der Waals surface area (Å²) in [5, 5.41) is 0. The van der Waals surface area contributed by atoms with Gasteiger partial charge in [-0.25, -0.2) is 0 Å². The van der Waals surface area contributed by atoms with Gasteiger partial charge in [0.15, 0.2) is 0 Å². The summed E-state index contributed by atoms with van der Waals surface area (Å²) in [6.45, 7) is 0. The SMILES string of the molecule is C1=C[C](C2=CCCC2)C=C1. The first kappa shape index (κ1) is 5.96. The highest BCUT2D eigenvalue weighted by atomic mass is 14.2. The third-order valence-corrected chi connectivity index (χ3v) is 2.07. The van der Waals surface area contributed by atoms with E-state index in [9.17, 15) is 0 Å². The van der Waals surface area contributed by atoms with Gasteiger partial charge < -0.3 is 0 Å². The fourth-order valence-corrected chi connectivity index (χ4v) is 1.52. The summed E-state index contributed by atoms with van der Waals surface area (Å²) < 4.78 is 0. The van der Waals surface area contributed by atoms with Crippen molar-refractivity contribution in [3.63, 3.8) is 0 Å². The van der Waals surface area contributed by atoms with E-state index in [4.69, 9.17) is 0 Å². The summed E-state index contributed by atoms with van der Waals surface area (Å²) in [5.41, 5.74) is 1.55. The molecular formula is C10H11. The molecule has 0 nitrogen and oxygen atoms in total. The molecule has 0 aliphatic heterocycles. The van der Waals surface area contributed by atoms with Crippen molar-refractivity contribution < 1.29 is 0 Å². The van der Waals surface area contributed by atoms with Crippen LogP contribution in [0.5, 0.6) is 0 Å². The molecule has 0 heterocycles. The first-order valence-corrected chi connectivity index (χ1v) is 3.88. The summed E-state index contributed by atoms with van der Waals surface area (Å²) in [6, 6.07) is 0. The van der Waals surface area contributed by atoms with Gasteiger partial charge in [-0.3, -0.25) is 0 Å². The van der Waals surface area contributed by atoms with E-state index in [1.807, 2.05) is 0 Å². The zero-order valence-corrected chi connectivity index (χ0v) is 6.01. The van der Waals surface area contributed by atoms with Crippen LogP contribution in [0.3, 0.4) is 0 Å². The Kier molecular flexibility index (Phi) is 1.46. The molecule has 51 valence electrons. The highest BCUT2D eigenvalue weighted by molar-refractivity contribution is 5.47. The normalized spacial score (nSPS) is 24.2. The van der Waals surface area contributed by atoms with Crippen molar-refractivity contribution >= 4 is 0 Å². The summed E-state index contributed by atoms with van der Waals surface area (Å²) in [7, 11) is 0. The molecular weight excluding hydrogens is 120 g/mol. The van der Waals surface area contributed by atoms with Gasteiger partial charge in [0.1, 0.15) is 0 Å². The molecule has 0 bridgehead atoms. The molecule has 0 aromatic heterocycles. The maximum Gasteiger partial charge on any atom is 0.0441 e. The second kappa shape index (κ2) is 2.45. The average molecular weight is 131 g/mol. The number of rotatable bonds is 1. The zero-order chi connectivity index (χ0) is 6.81. The molecule has 0 spiro atoms. The monoisotopic (exact) mass is 131 g/mol. The molecule has 0 heteroatoms. The maximum absolute atomic E-state index is 2.36. The third-order valence-electron chi connectivity index (χ3n) is 2.07. The number of hydrogen-bond donors (Lipinski definition) is 0. The molecule has 2 aliphatic carbocycles. The minimum absolute atomic E-state index is 1.28. The molecule has 0 amide bonds. The van der Waals surface area contributed by atoms with E-state index in [0.29, 0.717) is 0 Å². The van der Waals surface area contributed by atoms with Gasteiger partial charge in [0.2, 0.25) is 0 Å². The highest BCUT2D eigenvalue weighted by Gasteiger charge is 2.13. The van der Waals surface area contributed by atoms with Gasteiger partial charge in [-0.2, -0.15) is 0 Å². The number of hydrogen-bond acceptors (Lipinski definition) is 0. The lowest BCUT2D eigenvalue weighted by atomic mass is 10.0. The van der Waals surface area contributed by atoms with E-state index in [2.05, 4.69) is 30.4 Å². The van der Waals surface area contributed by atoms with Gasteiger partial charge in [0.25, 0.3) is 0 Å². The average Bonchev–Trinajstić information content (AvgIpc) is 2.59. The Bertz CT molecular complexity index is 194. The van der Waals surface area contributed by atoms with Gasteiger partial charge >= 0.3 is 0 Å². The minimum atomic E-state index is 1.28. The minimum Gasteiger partial charge on any atom is -0.0841 e. The Morgan fingerprint density at radius 3 is 2.50 bits per heavy atom. The van der Waals surface area contributed by atoms with Gasteiger partial charge in [-0.1, -0.05) is 36.0 Å². The molecule has 0 N–H and O–H groups in total. The van der Waals surface area contributed by atoms with Crippen LogP contribution in [-0.4, -0.2) is 0 Å². The van der Waals surface area contributed by atoms with Crippen LogP contribution >= 0.6 is 0 Å². The number of allylic oxidation sites excluding steroid dienone is 6. The van der Waals surface area contributed by atoms with E-state index >= 15 is 0 Å². The molecule has 0 unspecified atom stereocenters. The third kappa shape index (κ3) is 0.942. The van der Waals surface area contributed by atoms with Crippen LogP contribution in [-0.2, 0) is 0 Å². The lowest BCUT2D eigenvalue weighted by Crippen LogP contribution is -1.88. The summed E-state index contributed by atoms with van der Waals surface area (Å²) in [4.78, 5) is 0. The molecule has 0 aromatic rings. The summed E-state index contributed by atoms with van der Waals surface area (Å²) in [6.07, 6.45) is 14.9. The van der Waals surface area contributed by atoms with Crippen molar-refractivity contribution in [2.45, 2.75) is 19.3 Å². The van der Waals surface area contributed by atoms with Crippen molar-refractivity contribution in [2.24, 2.45) is 0 Å². The molecule has 2 aliphatic rings. The summed E-state index contributed by atoms with van der Waals surface area (Å²) in [5.74, 6) is 1.43. The maximum atomic E-state index is 2.36. The summed E-state index contributed by atoms with van der Waals surface area (Å²) >= 11 is 0. The molecule has 0 saturated carbocycles. The molecule has 0 fully saturated rings. The van der Waals surface area contributed by atoms with Gasteiger partial charge in [0.05, 0.1) is 0 Å². The van der Waals surface area contributed by atoms with Crippen molar-refractivity contribution in [1.82, 2.24) is 0 Å². The van der Waals surface area contributed by atoms with Gasteiger partial charge in [-0.05, 0) is 19.3 Å². The molecule has 2 rings (SSSR count). The van der Waals surface area contributed by atoms with E-state index in [-0.39, 0.29) is 0 Å². The molecule has 1 radical (unpaired) electrons. The second-order valence-electron chi connectivity index (χ2n) is 2.80. The fourth-order valence-electron chi connectivity index (χ4n) is 1.52.